The smallest absolute Gasteiger partial charge is 0.170 e. The normalized spacial score (nSPS) is 21.6. The van der Waals surface area contributed by atoms with Crippen molar-refractivity contribution in [3.8, 4) is 5.69 Å². The largest absolute Gasteiger partial charge is 0.296 e. The number of para-hydroxylation sites is 1. The molecule has 1 saturated carbocycles. The zero-order valence-corrected chi connectivity index (χ0v) is 14.0. The average molecular weight is 317 g/mol. The Labute approximate surface area is 136 Å². The monoisotopic (exact) mass is 317 g/mol. The van der Waals surface area contributed by atoms with E-state index in [2.05, 4.69) is 46.2 Å². The van der Waals surface area contributed by atoms with Crippen molar-refractivity contribution in [3.63, 3.8) is 0 Å². The van der Waals surface area contributed by atoms with Crippen LogP contribution < -0.4 is 0 Å². The summed E-state index contributed by atoms with van der Waals surface area (Å²) in [5.74, 6) is 2.12. The zero-order chi connectivity index (χ0) is 15.4. The van der Waals surface area contributed by atoms with Crippen molar-refractivity contribution >= 4 is 11.8 Å². The van der Waals surface area contributed by atoms with E-state index in [1.807, 2.05) is 35.0 Å². The lowest BCUT2D eigenvalue weighted by molar-refractivity contribution is 0.230. The minimum atomic E-state index is 0.643. The molecule has 0 N–H and O–H groups in total. The lowest BCUT2D eigenvalue weighted by atomic mass is 10.2. The van der Waals surface area contributed by atoms with Gasteiger partial charge in [0.25, 0.3) is 0 Å². The third-order valence-corrected chi connectivity index (χ3v) is 5.54. The second kappa shape index (κ2) is 7.24. The number of thioether (sulfide) groups is 1. The summed E-state index contributed by atoms with van der Waals surface area (Å²) in [6, 6.07) is 10.7. The van der Waals surface area contributed by atoms with Gasteiger partial charge in [0.2, 0.25) is 0 Å². The molecular weight excluding hydrogens is 294 g/mol. The van der Waals surface area contributed by atoms with Gasteiger partial charge in [0.1, 0.15) is 0 Å². The Kier molecular flexibility index (Phi) is 5.10. The van der Waals surface area contributed by atoms with Crippen LogP contribution in [0.5, 0.6) is 0 Å². The first-order valence-corrected chi connectivity index (χ1v) is 8.97. The molecule has 3 rings (SSSR count). The van der Waals surface area contributed by atoms with E-state index in [1.165, 1.54) is 25.0 Å². The third-order valence-electron chi connectivity index (χ3n) is 4.31. The number of rotatable bonds is 6. The minimum Gasteiger partial charge on any atom is -0.296 e. The van der Waals surface area contributed by atoms with Crippen molar-refractivity contribution in [1.29, 1.82) is 0 Å². The maximum atomic E-state index is 4.21. The van der Waals surface area contributed by atoms with Crippen LogP contribution in [0.25, 0.3) is 5.69 Å². The molecule has 1 aliphatic rings. The number of hydrogen-bond acceptors (Lipinski definition) is 5. The highest BCUT2D eigenvalue weighted by atomic mass is 32.2. The Morgan fingerprint density at radius 1 is 1.27 bits per heavy atom. The summed E-state index contributed by atoms with van der Waals surface area (Å²) in [7, 11) is 2.19. The fourth-order valence-corrected chi connectivity index (χ4v) is 4.26. The van der Waals surface area contributed by atoms with E-state index in [-0.39, 0.29) is 0 Å². The molecule has 1 aliphatic carbocycles. The van der Waals surface area contributed by atoms with Gasteiger partial charge in [-0.2, -0.15) is 16.4 Å². The molecule has 0 aliphatic heterocycles. The molecule has 1 heterocycles. The molecule has 0 amide bonds. The molecule has 5 nitrogen and oxygen atoms in total. The van der Waals surface area contributed by atoms with Crippen molar-refractivity contribution in [2.75, 3.05) is 12.8 Å². The molecule has 0 bridgehead atoms. The second-order valence-electron chi connectivity index (χ2n) is 5.80. The fourth-order valence-electron chi connectivity index (χ4n) is 3.13. The first-order valence-electron chi connectivity index (χ1n) is 7.92. The first kappa shape index (κ1) is 15.5. The summed E-state index contributed by atoms with van der Waals surface area (Å²) in [4.78, 5) is 2.40. The van der Waals surface area contributed by atoms with Gasteiger partial charge in [-0.25, -0.2) is 0 Å². The van der Waals surface area contributed by atoms with E-state index < -0.39 is 0 Å². The van der Waals surface area contributed by atoms with Crippen LogP contribution >= 0.6 is 11.8 Å². The summed E-state index contributed by atoms with van der Waals surface area (Å²) < 4.78 is 1.84. The molecule has 6 heteroatoms. The van der Waals surface area contributed by atoms with Crippen molar-refractivity contribution in [3.05, 3.63) is 36.2 Å². The molecule has 0 saturated heterocycles. The van der Waals surface area contributed by atoms with Crippen LogP contribution in [0.15, 0.2) is 30.3 Å². The molecular formula is C16H23N5S. The quantitative estimate of drug-likeness (QED) is 0.820. The van der Waals surface area contributed by atoms with Crippen LogP contribution in [0.2, 0.25) is 0 Å². The number of hydrogen-bond donors (Lipinski definition) is 0. The van der Waals surface area contributed by atoms with Crippen LogP contribution in [0, 0.1) is 0 Å². The van der Waals surface area contributed by atoms with Crippen molar-refractivity contribution < 1.29 is 0 Å². The molecule has 2 aromatic rings. The molecule has 2 unspecified atom stereocenters. The lowest BCUT2D eigenvalue weighted by Crippen LogP contribution is -2.30. The third kappa shape index (κ3) is 3.50. The van der Waals surface area contributed by atoms with Gasteiger partial charge in [-0.1, -0.05) is 25.1 Å². The Morgan fingerprint density at radius 2 is 2.09 bits per heavy atom. The second-order valence-corrected chi connectivity index (χ2v) is 7.38. The Hall–Kier alpha value is -1.40. The predicted molar refractivity (Wildman–Crippen MR) is 90.2 cm³/mol. The summed E-state index contributed by atoms with van der Waals surface area (Å²) in [5.41, 5.74) is 1.02. The summed E-state index contributed by atoms with van der Waals surface area (Å²) >= 11 is 2.10. The van der Waals surface area contributed by atoms with Gasteiger partial charge >= 0.3 is 0 Å². The summed E-state index contributed by atoms with van der Waals surface area (Å²) in [6.45, 7) is 3.03. The standard InChI is InChI=1S/C16H23N5S/c1-3-22-15-10-9-14(11-15)20(2)12-16-17-18-19-21(16)13-7-5-4-6-8-13/h4-8,14-15H,3,9-12H2,1-2H3. The van der Waals surface area contributed by atoms with Gasteiger partial charge in [-0.05, 0) is 54.6 Å². The van der Waals surface area contributed by atoms with Gasteiger partial charge in [-0.15, -0.1) is 5.10 Å². The first-order chi connectivity index (χ1) is 10.8. The van der Waals surface area contributed by atoms with Crippen LogP contribution in [-0.4, -0.2) is 49.2 Å². The number of benzene rings is 1. The number of tetrazole rings is 1. The molecule has 1 fully saturated rings. The van der Waals surface area contributed by atoms with E-state index in [1.54, 1.807) is 0 Å². The van der Waals surface area contributed by atoms with E-state index in [0.29, 0.717) is 6.04 Å². The molecule has 0 radical (unpaired) electrons. The molecule has 0 spiro atoms. The Morgan fingerprint density at radius 3 is 2.86 bits per heavy atom. The molecule has 2 atom stereocenters. The number of aromatic nitrogens is 4. The van der Waals surface area contributed by atoms with Crippen molar-refractivity contribution in [2.45, 2.75) is 44.0 Å². The minimum absolute atomic E-state index is 0.643. The van der Waals surface area contributed by atoms with Gasteiger partial charge < -0.3 is 0 Å². The van der Waals surface area contributed by atoms with Gasteiger partial charge in [0.15, 0.2) is 5.82 Å². The summed E-state index contributed by atoms with van der Waals surface area (Å²) in [5, 5.41) is 13.0. The van der Waals surface area contributed by atoms with Crippen LogP contribution in [0.1, 0.15) is 32.0 Å². The fraction of sp³-hybridized carbons (Fsp3) is 0.562. The Balaban J connectivity index is 1.66. The highest BCUT2D eigenvalue weighted by molar-refractivity contribution is 7.99. The van der Waals surface area contributed by atoms with Gasteiger partial charge in [0, 0.05) is 11.3 Å². The van der Waals surface area contributed by atoms with E-state index in [0.717, 1.165) is 23.3 Å². The number of nitrogens with zero attached hydrogens (tertiary/aromatic N) is 5. The van der Waals surface area contributed by atoms with Gasteiger partial charge in [0.05, 0.1) is 12.2 Å². The maximum absolute atomic E-state index is 4.21. The molecule has 1 aromatic carbocycles. The topological polar surface area (TPSA) is 46.8 Å². The van der Waals surface area contributed by atoms with Crippen LogP contribution in [0.4, 0.5) is 0 Å². The molecule has 118 valence electrons. The van der Waals surface area contributed by atoms with E-state index in [4.69, 9.17) is 0 Å². The van der Waals surface area contributed by atoms with E-state index in [9.17, 15) is 0 Å². The highest BCUT2D eigenvalue weighted by Crippen LogP contribution is 2.32. The SMILES string of the molecule is CCSC1CCC(N(C)Cc2nnnn2-c2ccccc2)C1. The maximum Gasteiger partial charge on any atom is 0.170 e. The highest BCUT2D eigenvalue weighted by Gasteiger charge is 2.28. The van der Waals surface area contributed by atoms with Gasteiger partial charge in [-0.3, -0.25) is 4.90 Å². The Bertz CT molecular complexity index is 585. The lowest BCUT2D eigenvalue weighted by Gasteiger charge is -2.23. The molecule has 22 heavy (non-hydrogen) atoms. The summed E-state index contributed by atoms with van der Waals surface area (Å²) in [6.07, 6.45) is 3.89. The van der Waals surface area contributed by atoms with Crippen molar-refractivity contribution in [1.82, 2.24) is 25.1 Å². The zero-order valence-electron chi connectivity index (χ0n) is 13.2. The average Bonchev–Trinajstić information content (AvgIpc) is 3.18. The molecule has 1 aromatic heterocycles. The van der Waals surface area contributed by atoms with Crippen LogP contribution in [-0.2, 0) is 6.54 Å². The predicted octanol–water partition coefficient (Wildman–Crippen LogP) is 2.77. The van der Waals surface area contributed by atoms with Crippen molar-refractivity contribution in [2.24, 2.45) is 0 Å². The van der Waals surface area contributed by atoms with Crippen LogP contribution in [0.3, 0.4) is 0 Å². The van der Waals surface area contributed by atoms with E-state index >= 15 is 0 Å².